The van der Waals surface area contributed by atoms with Crippen molar-refractivity contribution >= 4 is 5.91 Å². The van der Waals surface area contributed by atoms with Crippen molar-refractivity contribution in [1.29, 1.82) is 0 Å². The van der Waals surface area contributed by atoms with E-state index in [4.69, 9.17) is 5.73 Å². The van der Waals surface area contributed by atoms with Gasteiger partial charge in [-0.05, 0) is 65.6 Å². The van der Waals surface area contributed by atoms with Crippen LogP contribution in [0.5, 0.6) is 0 Å². The fourth-order valence-electron chi connectivity index (χ4n) is 2.25. The molecule has 120 valence electrons. The normalized spacial score (nSPS) is 16.4. The second kappa shape index (κ2) is 9.35. The van der Waals surface area contributed by atoms with Crippen molar-refractivity contribution in [3.8, 4) is 0 Å². The molecular weight excluding hydrogens is 250 g/mol. The van der Waals surface area contributed by atoms with Crippen LogP contribution < -0.4 is 11.1 Å². The number of primary amides is 1. The molecule has 0 saturated carbocycles. The number of unbranched alkanes of at least 4 members (excludes halogenated alkanes) is 1. The number of carbonyl (C=O) groups excluding carboxylic acids is 1. The average Bonchev–Trinajstić information content (AvgIpc) is 2.39. The molecule has 0 aliphatic carbocycles. The van der Waals surface area contributed by atoms with Gasteiger partial charge in [-0.2, -0.15) is 0 Å². The van der Waals surface area contributed by atoms with E-state index in [0.29, 0.717) is 12.0 Å². The minimum atomic E-state index is -0.557. The summed E-state index contributed by atoms with van der Waals surface area (Å²) < 4.78 is 0. The zero-order chi connectivity index (χ0) is 15.8. The highest BCUT2D eigenvalue weighted by atomic mass is 16.1. The zero-order valence-corrected chi connectivity index (χ0v) is 14.3. The summed E-state index contributed by atoms with van der Waals surface area (Å²) >= 11 is 0. The van der Waals surface area contributed by atoms with Gasteiger partial charge in [-0.15, -0.1) is 0 Å². The predicted molar refractivity (Wildman–Crippen MR) is 86.7 cm³/mol. The molecule has 0 saturated heterocycles. The van der Waals surface area contributed by atoms with Gasteiger partial charge in [0.25, 0.3) is 0 Å². The third kappa shape index (κ3) is 6.71. The number of nitrogens with two attached hydrogens (primary N) is 1. The van der Waals surface area contributed by atoms with Crippen LogP contribution in [0.2, 0.25) is 0 Å². The van der Waals surface area contributed by atoms with Crippen LogP contribution in [0.4, 0.5) is 0 Å². The van der Waals surface area contributed by atoms with Crippen LogP contribution in [0, 0.1) is 5.92 Å². The Morgan fingerprint density at radius 1 is 1.30 bits per heavy atom. The minimum absolute atomic E-state index is 0.241. The number of rotatable bonds is 11. The number of amides is 1. The topological polar surface area (TPSA) is 58.4 Å². The van der Waals surface area contributed by atoms with Gasteiger partial charge in [-0.1, -0.05) is 20.8 Å². The number of nitrogens with zero attached hydrogens (tertiary/aromatic N) is 1. The Balaban J connectivity index is 4.10. The van der Waals surface area contributed by atoms with Crippen molar-refractivity contribution < 1.29 is 4.79 Å². The van der Waals surface area contributed by atoms with Gasteiger partial charge < -0.3 is 16.0 Å². The second-order valence-corrected chi connectivity index (χ2v) is 6.55. The zero-order valence-electron chi connectivity index (χ0n) is 14.3. The van der Waals surface area contributed by atoms with Crippen LogP contribution in [0.25, 0.3) is 0 Å². The Morgan fingerprint density at radius 2 is 1.90 bits per heavy atom. The molecule has 2 unspecified atom stereocenters. The van der Waals surface area contributed by atoms with Crippen LogP contribution in [-0.4, -0.2) is 42.5 Å². The van der Waals surface area contributed by atoms with Crippen molar-refractivity contribution in [3.05, 3.63) is 0 Å². The van der Waals surface area contributed by atoms with Crippen molar-refractivity contribution in [3.63, 3.8) is 0 Å². The Hall–Kier alpha value is -0.610. The van der Waals surface area contributed by atoms with Crippen molar-refractivity contribution in [2.75, 3.05) is 20.1 Å². The lowest BCUT2D eigenvalue weighted by Gasteiger charge is -2.30. The average molecular weight is 285 g/mol. The van der Waals surface area contributed by atoms with E-state index in [9.17, 15) is 4.79 Å². The first kappa shape index (κ1) is 19.4. The maximum absolute atomic E-state index is 11.6. The predicted octanol–water partition coefficient (Wildman–Crippen LogP) is 2.38. The van der Waals surface area contributed by atoms with E-state index in [2.05, 4.69) is 45.0 Å². The molecule has 4 heteroatoms. The highest BCUT2D eigenvalue weighted by molar-refractivity contribution is 5.84. The van der Waals surface area contributed by atoms with Gasteiger partial charge in [0.15, 0.2) is 0 Å². The van der Waals surface area contributed by atoms with E-state index in [1.807, 2.05) is 6.92 Å². The molecule has 1 amide bonds. The first-order chi connectivity index (χ1) is 9.24. The van der Waals surface area contributed by atoms with Crippen molar-refractivity contribution in [1.82, 2.24) is 10.2 Å². The lowest BCUT2D eigenvalue weighted by atomic mass is 9.93. The molecule has 20 heavy (non-hydrogen) atoms. The van der Waals surface area contributed by atoms with Crippen LogP contribution in [0.1, 0.15) is 60.3 Å². The molecule has 0 aromatic rings. The Kier molecular flexibility index (Phi) is 9.06. The van der Waals surface area contributed by atoms with Crippen LogP contribution in [-0.2, 0) is 4.79 Å². The minimum Gasteiger partial charge on any atom is -0.368 e. The van der Waals surface area contributed by atoms with Crippen LogP contribution in [0.15, 0.2) is 0 Å². The summed E-state index contributed by atoms with van der Waals surface area (Å²) in [5.41, 5.74) is 4.97. The number of hydrogen-bond donors (Lipinski definition) is 2. The summed E-state index contributed by atoms with van der Waals surface area (Å²) in [4.78, 5) is 14.0. The standard InChI is InChI=1S/C16H35N3O/c1-7-11-18-16(5,15(17)20)10-8-9-12-19(6)14(4)13(2)3/h13-14,18H,7-12H2,1-6H3,(H2,17,20). The number of carbonyl (C=O) groups is 1. The SMILES string of the molecule is CCCNC(C)(CCCCN(C)C(C)C(C)C)C(N)=O. The maximum Gasteiger partial charge on any atom is 0.237 e. The molecule has 0 aliphatic rings. The maximum atomic E-state index is 11.6. The van der Waals surface area contributed by atoms with Gasteiger partial charge in [-0.3, -0.25) is 4.79 Å². The van der Waals surface area contributed by atoms with Crippen molar-refractivity contribution in [2.45, 2.75) is 71.9 Å². The fraction of sp³-hybridized carbons (Fsp3) is 0.938. The Bertz CT molecular complexity index is 281. The molecular formula is C16H35N3O. The van der Waals surface area contributed by atoms with E-state index in [-0.39, 0.29) is 5.91 Å². The smallest absolute Gasteiger partial charge is 0.237 e. The molecule has 0 radical (unpaired) electrons. The molecule has 0 bridgehead atoms. The van der Waals surface area contributed by atoms with Gasteiger partial charge in [0.1, 0.15) is 0 Å². The fourth-order valence-corrected chi connectivity index (χ4v) is 2.25. The molecule has 0 aromatic heterocycles. The monoisotopic (exact) mass is 285 g/mol. The van der Waals surface area contributed by atoms with Gasteiger partial charge in [0.05, 0.1) is 5.54 Å². The summed E-state index contributed by atoms with van der Waals surface area (Å²) in [6.45, 7) is 12.7. The lowest BCUT2D eigenvalue weighted by molar-refractivity contribution is -0.124. The summed E-state index contributed by atoms with van der Waals surface area (Å²) in [6, 6.07) is 0.593. The van der Waals surface area contributed by atoms with Gasteiger partial charge in [-0.25, -0.2) is 0 Å². The summed E-state index contributed by atoms with van der Waals surface area (Å²) in [6.07, 6.45) is 3.94. The third-order valence-electron chi connectivity index (χ3n) is 4.41. The summed E-state index contributed by atoms with van der Waals surface area (Å²) in [5, 5.41) is 3.29. The van der Waals surface area contributed by atoms with Crippen LogP contribution in [0.3, 0.4) is 0 Å². The van der Waals surface area contributed by atoms with Gasteiger partial charge in [0.2, 0.25) is 5.91 Å². The number of nitrogens with one attached hydrogen (secondary N) is 1. The molecule has 0 rings (SSSR count). The molecule has 0 spiro atoms. The first-order valence-electron chi connectivity index (χ1n) is 7.99. The molecule has 0 aromatic carbocycles. The third-order valence-corrected chi connectivity index (χ3v) is 4.41. The summed E-state index contributed by atoms with van der Waals surface area (Å²) in [7, 11) is 2.17. The van der Waals surface area contributed by atoms with E-state index < -0.39 is 5.54 Å². The van der Waals surface area contributed by atoms with E-state index >= 15 is 0 Å². The quantitative estimate of drug-likeness (QED) is 0.573. The van der Waals surface area contributed by atoms with Crippen molar-refractivity contribution in [2.24, 2.45) is 11.7 Å². The highest BCUT2D eigenvalue weighted by Crippen LogP contribution is 2.15. The van der Waals surface area contributed by atoms with E-state index in [1.165, 1.54) is 0 Å². The molecule has 0 heterocycles. The molecule has 0 fully saturated rings. The number of hydrogen-bond acceptors (Lipinski definition) is 3. The second-order valence-electron chi connectivity index (χ2n) is 6.55. The largest absolute Gasteiger partial charge is 0.368 e. The molecule has 3 N–H and O–H groups in total. The van der Waals surface area contributed by atoms with Crippen LogP contribution >= 0.6 is 0 Å². The van der Waals surface area contributed by atoms with E-state index in [1.54, 1.807) is 0 Å². The van der Waals surface area contributed by atoms with Gasteiger partial charge in [0, 0.05) is 6.04 Å². The molecule has 0 aliphatic heterocycles. The summed E-state index contributed by atoms with van der Waals surface area (Å²) in [5.74, 6) is 0.428. The Morgan fingerprint density at radius 3 is 2.35 bits per heavy atom. The van der Waals surface area contributed by atoms with Gasteiger partial charge >= 0.3 is 0 Å². The molecule has 2 atom stereocenters. The molecule has 4 nitrogen and oxygen atoms in total. The highest BCUT2D eigenvalue weighted by Gasteiger charge is 2.29. The lowest BCUT2D eigenvalue weighted by Crippen LogP contribution is -2.53. The van der Waals surface area contributed by atoms with E-state index in [0.717, 1.165) is 38.8 Å². The Labute approximate surface area is 125 Å². The first-order valence-corrected chi connectivity index (χ1v) is 7.99.